The molecule has 0 aliphatic rings. The van der Waals surface area contributed by atoms with Crippen molar-refractivity contribution in [2.75, 3.05) is 27.3 Å². The summed E-state index contributed by atoms with van der Waals surface area (Å²) in [5, 5.41) is 20.9. The number of unbranched alkanes of at least 4 members (excludes halogenated alkanes) is 1. The van der Waals surface area contributed by atoms with E-state index < -0.39 is 24.1 Å². The molecule has 1 unspecified atom stereocenters. The number of nitrogens with zero attached hydrogens (tertiary/aromatic N) is 1. The summed E-state index contributed by atoms with van der Waals surface area (Å²) in [6.07, 6.45) is 1.20. The number of urea groups is 1. The summed E-state index contributed by atoms with van der Waals surface area (Å²) in [5.74, 6) is -1.05. The number of hydrogen-bond acceptors (Lipinski definition) is 4. The maximum atomic E-state index is 11.8. The van der Waals surface area contributed by atoms with Crippen LogP contribution in [0, 0.1) is 0 Å². The highest BCUT2D eigenvalue weighted by atomic mass is 16.5. The lowest BCUT2D eigenvalue weighted by Crippen LogP contribution is -2.48. The molecular formula is C12H24N2O5. The fourth-order valence-electron chi connectivity index (χ4n) is 1.57. The van der Waals surface area contributed by atoms with Crippen molar-refractivity contribution in [1.82, 2.24) is 10.2 Å². The van der Waals surface area contributed by atoms with E-state index in [9.17, 15) is 14.7 Å². The Morgan fingerprint density at radius 3 is 2.53 bits per heavy atom. The van der Waals surface area contributed by atoms with Gasteiger partial charge >= 0.3 is 12.0 Å². The summed E-state index contributed by atoms with van der Waals surface area (Å²) >= 11 is 0. The number of methoxy groups -OCH3 is 1. The van der Waals surface area contributed by atoms with E-state index in [2.05, 4.69) is 5.32 Å². The van der Waals surface area contributed by atoms with Crippen LogP contribution in [-0.2, 0) is 9.53 Å². The molecule has 0 aromatic carbocycles. The Balaban J connectivity index is 4.26. The fraction of sp³-hybridized carbons (Fsp3) is 0.833. The molecule has 0 aliphatic heterocycles. The van der Waals surface area contributed by atoms with Gasteiger partial charge in [0.15, 0.2) is 0 Å². The zero-order valence-corrected chi connectivity index (χ0v) is 11.8. The van der Waals surface area contributed by atoms with Gasteiger partial charge < -0.3 is 25.2 Å². The first-order chi connectivity index (χ1) is 8.92. The Morgan fingerprint density at radius 1 is 1.42 bits per heavy atom. The van der Waals surface area contributed by atoms with Crippen LogP contribution in [0.4, 0.5) is 4.79 Å². The van der Waals surface area contributed by atoms with E-state index in [0.29, 0.717) is 6.42 Å². The molecule has 2 atom stereocenters. The number of aliphatic carboxylic acids is 1. The lowest BCUT2D eigenvalue weighted by Gasteiger charge is -2.23. The van der Waals surface area contributed by atoms with Gasteiger partial charge in [0.1, 0.15) is 6.04 Å². The van der Waals surface area contributed by atoms with Crippen LogP contribution in [-0.4, -0.2) is 66.6 Å². The van der Waals surface area contributed by atoms with E-state index in [4.69, 9.17) is 9.84 Å². The zero-order chi connectivity index (χ0) is 14.8. The van der Waals surface area contributed by atoms with Crippen molar-refractivity contribution in [1.29, 1.82) is 0 Å². The van der Waals surface area contributed by atoms with E-state index in [1.807, 2.05) is 6.92 Å². The van der Waals surface area contributed by atoms with E-state index in [0.717, 1.165) is 12.8 Å². The van der Waals surface area contributed by atoms with Gasteiger partial charge in [-0.2, -0.15) is 0 Å². The molecule has 0 fully saturated rings. The van der Waals surface area contributed by atoms with Crippen LogP contribution in [0.5, 0.6) is 0 Å². The Bertz CT molecular complexity index is 285. The van der Waals surface area contributed by atoms with Gasteiger partial charge in [-0.15, -0.1) is 0 Å². The van der Waals surface area contributed by atoms with E-state index in [1.165, 1.54) is 19.1 Å². The molecule has 0 saturated heterocycles. The molecule has 0 spiro atoms. The van der Waals surface area contributed by atoms with Crippen molar-refractivity contribution >= 4 is 12.0 Å². The Kier molecular flexibility index (Phi) is 8.90. The molecule has 0 radical (unpaired) electrons. The molecule has 19 heavy (non-hydrogen) atoms. The van der Waals surface area contributed by atoms with Crippen LogP contribution in [0.25, 0.3) is 0 Å². The molecule has 7 nitrogen and oxygen atoms in total. The number of carboxylic acids is 1. The van der Waals surface area contributed by atoms with Crippen molar-refractivity contribution in [3.63, 3.8) is 0 Å². The van der Waals surface area contributed by atoms with Crippen molar-refractivity contribution in [2.45, 2.75) is 38.3 Å². The normalized spacial score (nSPS) is 13.7. The minimum absolute atomic E-state index is 0.0831. The summed E-state index contributed by atoms with van der Waals surface area (Å²) in [5.41, 5.74) is 0. The Morgan fingerprint density at radius 2 is 2.05 bits per heavy atom. The number of aliphatic hydroxyl groups is 1. The van der Waals surface area contributed by atoms with Crippen LogP contribution >= 0.6 is 0 Å². The average Bonchev–Trinajstić information content (AvgIpc) is 2.33. The summed E-state index contributed by atoms with van der Waals surface area (Å²) in [4.78, 5) is 24.0. The second kappa shape index (κ2) is 9.57. The lowest BCUT2D eigenvalue weighted by atomic mass is 10.1. The maximum absolute atomic E-state index is 11.8. The third kappa shape index (κ3) is 7.63. The number of rotatable bonds is 9. The Labute approximate surface area is 113 Å². The van der Waals surface area contributed by atoms with Gasteiger partial charge in [-0.05, 0) is 6.42 Å². The van der Waals surface area contributed by atoms with Gasteiger partial charge in [0.25, 0.3) is 0 Å². The second-order valence-electron chi connectivity index (χ2n) is 4.47. The fourth-order valence-corrected chi connectivity index (χ4v) is 1.57. The van der Waals surface area contributed by atoms with Crippen LogP contribution in [0.15, 0.2) is 0 Å². The van der Waals surface area contributed by atoms with Gasteiger partial charge in [-0.25, -0.2) is 9.59 Å². The van der Waals surface area contributed by atoms with Gasteiger partial charge in [-0.1, -0.05) is 19.8 Å². The molecular weight excluding hydrogens is 252 g/mol. The van der Waals surface area contributed by atoms with Crippen molar-refractivity contribution < 1.29 is 24.5 Å². The number of carboxylic acid groups (broad SMARTS) is 1. The van der Waals surface area contributed by atoms with Crippen molar-refractivity contribution in [2.24, 2.45) is 0 Å². The molecule has 0 saturated carbocycles. The molecule has 0 aromatic rings. The molecule has 0 aromatic heterocycles. The molecule has 0 rings (SSSR count). The first kappa shape index (κ1) is 17.7. The summed E-state index contributed by atoms with van der Waals surface area (Å²) < 4.78 is 4.75. The van der Waals surface area contributed by atoms with Crippen LogP contribution in [0.1, 0.15) is 26.2 Å². The molecule has 2 amide bonds. The van der Waals surface area contributed by atoms with Crippen molar-refractivity contribution in [3.8, 4) is 0 Å². The van der Waals surface area contributed by atoms with E-state index in [-0.39, 0.29) is 13.2 Å². The molecule has 0 heterocycles. The van der Waals surface area contributed by atoms with Gasteiger partial charge in [0.05, 0.1) is 19.3 Å². The number of aliphatic hydroxyl groups excluding tert-OH is 1. The van der Waals surface area contributed by atoms with E-state index >= 15 is 0 Å². The molecule has 7 heteroatoms. The topological polar surface area (TPSA) is 99.1 Å². The van der Waals surface area contributed by atoms with Crippen LogP contribution in [0.2, 0.25) is 0 Å². The SMILES string of the molecule is CCCC[C@H](NC(=O)N(C)CC(O)COC)C(=O)O. The highest BCUT2D eigenvalue weighted by Crippen LogP contribution is 2.02. The maximum Gasteiger partial charge on any atom is 0.326 e. The quantitative estimate of drug-likeness (QED) is 0.561. The Hall–Kier alpha value is -1.34. The molecule has 112 valence electrons. The monoisotopic (exact) mass is 276 g/mol. The first-order valence-electron chi connectivity index (χ1n) is 6.33. The number of amides is 2. The number of hydrogen-bond donors (Lipinski definition) is 3. The third-order valence-corrected chi connectivity index (χ3v) is 2.63. The highest BCUT2D eigenvalue weighted by Gasteiger charge is 2.22. The second-order valence-corrected chi connectivity index (χ2v) is 4.47. The van der Waals surface area contributed by atoms with Gasteiger partial charge in [0.2, 0.25) is 0 Å². The number of carbonyl (C=O) groups is 2. The number of ether oxygens (including phenoxy) is 1. The third-order valence-electron chi connectivity index (χ3n) is 2.63. The molecule has 3 N–H and O–H groups in total. The predicted molar refractivity (Wildman–Crippen MR) is 70.0 cm³/mol. The first-order valence-corrected chi connectivity index (χ1v) is 6.33. The lowest BCUT2D eigenvalue weighted by molar-refractivity contribution is -0.139. The van der Waals surface area contributed by atoms with Crippen LogP contribution < -0.4 is 5.32 Å². The summed E-state index contributed by atoms with van der Waals surface area (Å²) in [6.45, 7) is 2.16. The van der Waals surface area contributed by atoms with Crippen LogP contribution in [0.3, 0.4) is 0 Å². The van der Waals surface area contributed by atoms with Crippen molar-refractivity contribution in [3.05, 3.63) is 0 Å². The smallest absolute Gasteiger partial charge is 0.326 e. The van der Waals surface area contributed by atoms with E-state index in [1.54, 1.807) is 0 Å². The number of likely N-dealkylation sites (N-methyl/N-ethyl adjacent to an activating group) is 1. The zero-order valence-electron chi connectivity index (χ0n) is 11.8. The predicted octanol–water partition coefficient (Wildman–Crippen LogP) is 0.279. The molecule has 0 bridgehead atoms. The number of nitrogens with one attached hydrogen (secondary N) is 1. The average molecular weight is 276 g/mol. The standard InChI is InChI=1S/C12H24N2O5/c1-4-5-6-10(11(16)17)13-12(18)14(2)7-9(15)8-19-3/h9-10,15H,4-8H2,1-3H3,(H,13,18)(H,16,17)/t9?,10-/m0/s1. The number of carbonyl (C=O) groups excluding carboxylic acids is 1. The summed E-state index contributed by atoms with van der Waals surface area (Å²) in [6, 6.07) is -1.41. The summed E-state index contributed by atoms with van der Waals surface area (Å²) in [7, 11) is 2.95. The largest absolute Gasteiger partial charge is 0.480 e. The molecule has 0 aliphatic carbocycles. The highest BCUT2D eigenvalue weighted by molar-refractivity contribution is 5.82. The minimum Gasteiger partial charge on any atom is -0.480 e. The minimum atomic E-state index is -1.05. The van der Waals surface area contributed by atoms with Gasteiger partial charge in [0, 0.05) is 14.2 Å². The van der Waals surface area contributed by atoms with Gasteiger partial charge in [-0.3, -0.25) is 0 Å².